The molecular formula is C9H16N4O2. The van der Waals surface area contributed by atoms with Crippen molar-refractivity contribution < 1.29 is 9.90 Å². The van der Waals surface area contributed by atoms with Crippen molar-refractivity contribution in [2.24, 2.45) is 0 Å². The van der Waals surface area contributed by atoms with Gasteiger partial charge in [0.15, 0.2) is 0 Å². The maximum absolute atomic E-state index is 11.7. The van der Waals surface area contributed by atoms with Crippen LogP contribution in [0.3, 0.4) is 0 Å². The van der Waals surface area contributed by atoms with Crippen molar-refractivity contribution >= 4 is 5.91 Å². The third-order valence-corrected chi connectivity index (χ3v) is 2.09. The Morgan fingerprint density at radius 1 is 1.60 bits per heavy atom. The summed E-state index contributed by atoms with van der Waals surface area (Å²) in [5.74, 6) is -0.00329. The predicted molar refractivity (Wildman–Crippen MR) is 54.0 cm³/mol. The normalized spacial score (nSPS) is 10.3. The first-order valence-corrected chi connectivity index (χ1v) is 5.00. The molecule has 0 spiro atoms. The van der Waals surface area contributed by atoms with Gasteiger partial charge in [-0.2, -0.15) is 0 Å². The minimum atomic E-state index is -0.00329. The number of likely N-dealkylation sites (N-methyl/N-ethyl adjacent to an activating group) is 1. The highest BCUT2D eigenvalue weighted by molar-refractivity contribution is 5.75. The first-order valence-electron chi connectivity index (χ1n) is 5.00. The third-order valence-electron chi connectivity index (χ3n) is 2.09. The summed E-state index contributed by atoms with van der Waals surface area (Å²) >= 11 is 0. The van der Waals surface area contributed by atoms with E-state index in [4.69, 9.17) is 5.11 Å². The standard InChI is InChI=1S/C9H16N4O2/c1-2-12(5-3-7-14)9(15)8-13-6-4-10-11-13/h4,6,14H,2-3,5,7-8H2,1H3. The number of aliphatic hydroxyl groups excluding tert-OH is 1. The van der Waals surface area contributed by atoms with E-state index in [2.05, 4.69) is 10.3 Å². The summed E-state index contributed by atoms with van der Waals surface area (Å²) in [5, 5.41) is 16.0. The molecule has 0 aromatic carbocycles. The molecule has 0 radical (unpaired) electrons. The van der Waals surface area contributed by atoms with Crippen LogP contribution in [0.15, 0.2) is 12.4 Å². The van der Waals surface area contributed by atoms with Crippen LogP contribution in [0.25, 0.3) is 0 Å². The van der Waals surface area contributed by atoms with E-state index in [9.17, 15) is 4.79 Å². The molecule has 84 valence electrons. The number of aromatic nitrogens is 3. The Bertz CT molecular complexity index is 286. The van der Waals surface area contributed by atoms with Gasteiger partial charge in [-0.15, -0.1) is 5.10 Å². The van der Waals surface area contributed by atoms with E-state index in [0.29, 0.717) is 19.5 Å². The molecule has 0 aliphatic heterocycles. The minimum absolute atomic E-state index is 0.00329. The van der Waals surface area contributed by atoms with Crippen LogP contribution in [-0.4, -0.2) is 50.6 Å². The molecule has 1 N–H and O–H groups in total. The summed E-state index contributed by atoms with van der Waals surface area (Å²) < 4.78 is 1.49. The Morgan fingerprint density at radius 2 is 2.40 bits per heavy atom. The van der Waals surface area contributed by atoms with Gasteiger partial charge in [0.05, 0.1) is 6.20 Å². The van der Waals surface area contributed by atoms with E-state index < -0.39 is 0 Å². The van der Waals surface area contributed by atoms with Gasteiger partial charge in [0, 0.05) is 25.9 Å². The molecule has 0 bridgehead atoms. The zero-order valence-electron chi connectivity index (χ0n) is 8.83. The number of rotatable bonds is 6. The summed E-state index contributed by atoms with van der Waals surface area (Å²) in [6, 6.07) is 0. The van der Waals surface area contributed by atoms with Gasteiger partial charge < -0.3 is 10.0 Å². The Labute approximate surface area is 88.5 Å². The quantitative estimate of drug-likeness (QED) is 0.690. The monoisotopic (exact) mass is 212 g/mol. The molecule has 0 aliphatic rings. The van der Waals surface area contributed by atoms with E-state index in [-0.39, 0.29) is 19.1 Å². The number of aliphatic hydroxyl groups is 1. The lowest BCUT2D eigenvalue weighted by Gasteiger charge is -2.20. The van der Waals surface area contributed by atoms with Gasteiger partial charge in [-0.3, -0.25) is 4.79 Å². The largest absolute Gasteiger partial charge is 0.396 e. The molecule has 0 atom stereocenters. The first kappa shape index (κ1) is 11.6. The fraction of sp³-hybridized carbons (Fsp3) is 0.667. The Kier molecular flexibility index (Phi) is 4.76. The molecule has 0 unspecified atom stereocenters. The van der Waals surface area contributed by atoms with Crippen molar-refractivity contribution in [2.75, 3.05) is 19.7 Å². The van der Waals surface area contributed by atoms with Gasteiger partial charge in [0.1, 0.15) is 6.54 Å². The summed E-state index contributed by atoms with van der Waals surface area (Å²) in [4.78, 5) is 13.4. The van der Waals surface area contributed by atoms with Gasteiger partial charge in [-0.05, 0) is 13.3 Å². The molecule has 15 heavy (non-hydrogen) atoms. The zero-order chi connectivity index (χ0) is 11.1. The van der Waals surface area contributed by atoms with E-state index in [1.165, 1.54) is 10.9 Å². The number of carbonyl (C=O) groups is 1. The maximum Gasteiger partial charge on any atom is 0.244 e. The molecular weight excluding hydrogens is 196 g/mol. The second-order valence-corrected chi connectivity index (χ2v) is 3.15. The fourth-order valence-electron chi connectivity index (χ4n) is 1.28. The summed E-state index contributed by atoms with van der Waals surface area (Å²) in [5.41, 5.74) is 0. The second kappa shape index (κ2) is 6.13. The number of carbonyl (C=O) groups excluding carboxylic acids is 1. The van der Waals surface area contributed by atoms with Crippen molar-refractivity contribution in [1.82, 2.24) is 19.9 Å². The SMILES string of the molecule is CCN(CCCO)C(=O)Cn1ccnn1. The Hall–Kier alpha value is -1.43. The van der Waals surface area contributed by atoms with E-state index >= 15 is 0 Å². The molecule has 0 saturated carbocycles. The summed E-state index contributed by atoms with van der Waals surface area (Å²) in [6.07, 6.45) is 3.80. The molecule has 1 heterocycles. The minimum Gasteiger partial charge on any atom is -0.396 e. The number of hydrogen-bond donors (Lipinski definition) is 1. The van der Waals surface area contributed by atoms with E-state index in [0.717, 1.165) is 0 Å². The molecule has 6 heteroatoms. The average Bonchev–Trinajstić information content (AvgIpc) is 2.71. The van der Waals surface area contributed by atoms with Gasteiger partial charge in [-0.1, -0.05) is 5.21 Å². The lowest BCUT2D eigenvalue weighted by molar-refractivity contribution is -0.132. The molecule has 0 saturated heterocycles. The van der Waals surface area contributed by atoms with Gasteiger partial charge >= 0.3 is 0 Å². The lowest BCUT2D eigenvalue weighted by atomic mass is 10.3. The summed E-state index contributed by atoms with van der Waals surface area (Å²) in [7, 11) is 0. The molecule has 6 nitrogen and oxygen atoms in total. The van der Waals surface area contributed by atoms with Crippen molar-refractivity contribution in [1.29, 1.82) is 0 Å². The molecule has 0 fully saturated rings. The van der Waals surface area contributed by atoms with Crippen LogP contribution in [-0.2, 0) is 11.3 Å². The van der Waals surface area contributed by atoms with Crippen LogP contribution in [0, 0.1) is 0 Å². The number of amides is 1. The Morgan fingerprint density at radius 3 is 2.93 bits per heavy atom. The predicted octanol–water partition coefficient (Wildman–Crippen LogP) is -0.491. The van der Waals surface area contributed by atoms with Crippen molar-refractivity contribution in [3.05, 3.63) is 12.4 Å². The smallest absolute Gasteiger partial charge is 0.244 e. The molecule has 1 aromatic heterocycles. The van der Waals surface area contributed by atoms with Crippen molar-refractivity contribution in [3.8, 4) is 0 Å². The maximum atomic E-state index is 11.7. The highest BCUT2D eigenvalue weighted by atomic mass is 16.3. The van der Waals surface area contributed by atoms with Crippen LogP contribution in [0.2, 0.25) is 0 Å². The van der Waals surface area contributed by atoms with Crippen molar-refractivity contribution in [2.45, 2.75) is 19.9 Å². The summed E-state index contributed by atoms with van der Waals surface area (Å²) in [6.45, 7) is 3.46. The van der Waals surface area contributed by atoms with Gasteiger partial charge in [0.25, 0.3) is 0 Å². The van der Waals surface area contributed by atoms with E-state index in [1.807, 2.05) is 6.92 Å². The zero-order valence-corrected chi connectivity index (χ0v) is 8.83. The topological polar surface area (TPSA) is 71.2 Å². The van der Waals surface area contributed by atoms with Crippen LogP contribution in [0.1, 0.15) is 13.3 Å². The molecule has 1 rings (SSSR count). The fourth-order valence-corrected chi connectivity index (χ4v) is 1.28. The molecule has 1 aromatic rings. The number of hydrogen-bond acceptors (Lipinski definition) is 4. The van der Waals surface area contributed by atoms with Crippen LogP contribution in [0.5, 0.6) is 0 Å². The van der Waals surface area contributed by atoms with Crippen LogP contribution < -0.4 is 0 Å². The highest BCUT2D eigenvalue weighted by Gasteiger charge is 2.11. The van der Waals surface area contributed by atoms with Crippen LogP contribution in [0.4, 0.5) is 0 Å². The Balaban J connectivity index is 2.43. The second-order valence-electron chi connectivity index (χ2n) is 3.15. The highest BCUT2D eigenvalue weighted by Crippen LogP contribution is 1.95. The third kappa shape index (κ3) is 3.67. The molecule has 0 aliphatic carbocycles. The van der Waals surface area contributed by atoms with Crippen molar-refractivity contribution in [3.63, 3.8) is 0 Å². The van der Waals surface area contributed by atoms with Gasteiger partial charge in [-0.25, -0.2) is 4.68 Å². The lowest BCUT2D eigenvalue weighted by Crippen LogP contribution is -2.35. The van der Waals surface area contributed by atoms with Gasteiger partial charge in [0.2, 0.25) is 5.91 Å². The van der Waals surface area contributed by atoms with Crippen LogP contribution >= 0.6 is 0 Å². The molecule has 1 amide bonds. The van der Waals surface area contributed by atoms with E-state index in [1.54, 1.807) is 11.1 Å². The average molecular weight is 212 g/mol. The number of nitrogens with zero attached hydrogens (tertiary/aromatic N) is 4. The first-order chi connectivity index (χ1) is 7.27.